The highest BCUT2D eigenvalue weighted by Crippen LogP contribution is 2.26. The van der Waals surface area contributed by atoms with Crippen LogP contribution in [0.2, 0.25) is 0 Å². The van der Waals surface area contributed by atoms with Gasteiger partial charge in [0.2, 0.25) is 10.0 Å². The molecule has 0 radical (unpaired) electrons. The molecule has 1 N–H and O–H groups in total. The van der Waals surface area contributed by atoms with Gasteiger partial charge in [-0.15, -0.1) is 0 Å². The lowest BCUT2D eigenvalue weighted by atomic mass is 9.94. The molecular weight excluding hydrogens is 362 g/mol. The van der Waals surface area contributed by atoms with E-state index >= 15 is 0 Å². The van der Waals surface area contributed by atoms with Crippen molar-refractivity contribution in [3.8, 4) is 0 Å². The van der Waals surface area contributed by atoms with Crippen molar-refractivity contribution >= 4 is 15.9 Å². The van der Waals surface area contributed by atoms with Crippen molar-refractivity contribution in [2.24, 2.45) is 11.8 Å². The van der Waals surface area contributed by atoms with E-state index in [1.807, 2.05) is 4.90 Å². The van der Waals surface area contributed by atoms with E-state index in [0.717, 1.165) is 39.1 Å². The number of nitrogens with zero attached hydrogens (tertiary/aromatic N) is 2. The van der Waals surface area contributed by atoms with Gasteiger partial charge in [0.1, 0.15) is 0 Å². The third kappa shape index (κ3) is 4.52. The molecule has 7 heteroatoms. The number of benzene rings is 1. The lowest BCUT2D eigenvalue weighted by Crippen LogP contribution is -3.14. The van der Waals surface area contributed by atoms with E-state index in [2.05, 4.69) is 20.8 Å². The molecule has 2 aliphatic rings. The number of likely N-dealkylation sites (N-methyl/N-ethyl adjacent to an activating group) is 1. The van der Waals surface area contributed by atoms with Crippen molar-refractivity contribution in [3.05, 3.63) is 29.8 Å². The van der Waals surface area contributed by atoms with Crippen LogP contribution in [0.3, 0.4) is 0 Å². The Morgan fingerprint density at radius 3 is 2.15 bits per heavy atom. The molecule has 2 fully saturated rings. The van der Waals surface area contributed by atoms with E-state index in [4.69, 9.17) is 0 Å². The summed E-state index contributed by atoms with van der Waals surface area (Å²) in [5, 5.41) is 0. The molecule has 2 aliphatic heterocycles. The lowest BCUT2D eigenvalue weighted by Gasteiger charge is -2.34. The van der Waals surface area contributed by atoms with Crippen LogP contribution in [-0.4, -0.2) is 69.3 Å². The summed E-state index contributed by atoms with van der Waals surface area (Å²) in [5.41, 5.74) is 0.564. The molecule has 6 nitrogen and oxygen atoms in total. The Labute approximate surface area is 163 Å². The van der Waals surface area contributed by atoms with Crippen molar-refractivity contribution in [1.82, 2.24) is 9.21 Å². The van der Waals surface area contributed by atoms with Crippen LogP contribution in [0, 0.1) is 11.8 Å². The van der Waals surface area contributed by atoms with Gasteiger partial charge >= 0.3 is 0 Å². The first-order chi connectivity index (χ1) is 12.8. The molecule has 0 bridgehead atoms. The molecule has 1 amide bonds. The summed E-state index contributed by atoms with van der Waals surface area (Å²) in [7, 11) is -3.50. The molecule has 3 rings (SSSR count). The van der Waals surface area contributed by atoms with Crippen LogP contribution in [0.25, 0.3) is 0 Å². The Morgan fingerprint density at radius 1 is 1.07 bits per heavy atom. The molecule has 2 saturated heterocycles. The zero-order valence-corrected chi connectivity index (χ0v) is 17.5. The van der Waals surface area contributed by atoms with Crippen LogP contribution >= 0.6 is 0 Å². The number of amides is 1. The minimum absolute atomic E-state index is 0.00526. The molecule has 1 aromatic rings. The van der Waals surface area contributed by atoms with Gasteiger partial charge in [0.05, 0.1) is 37.6 Å². The van der Waals surface area contributed by atoms with Gasteiger partial charge in [-0.1, -0.05) is 13.8 Å². The number of carbonyl (C=O) groups is 1. The van der Waals surface area contributed by atoms with Crippen LogP contribution in [0.1, 0.15) is 37.6 Å². The molecule has 1 aromatic carbocycles. The highest BCUT2D eigenvalue weighted by atomic mass is 32.2. The number of hydrogen-bond acceptors (Lipinski definition) is 3. The fourth-order valence-corrected chi connectivity index (χ4v) is 5.96. The summed E-state index contributed by atoms with van der Waals surface area (Å²) in [5.74, 6) is 0.732. The van der Waals surface area contributed by atoms with Crippen LogP contribution in [0.5, 0.6) is 0 Å². The Balaban J connectivity index is 1.70. The number of piperazine rings is 1. The van der Waals surface area contributed by atoms with Crippen molar-refractivity contribution in [3.63, 3.8) is 0 Å². The van der Waals surface area contributed by atoms with Crippen LogP contribution < -0.4 is 4.90 Å². The van der Waals surface area contributed by atoms with E-state index in [9.17, 15) is 13.2 Å². The van der Waals surface area contributed by atoms with E-state index < -0.39 is 10.0 Å². The number of rotatable bonds is 4. The van der Waals surface area contributed by atoms with Gasteiger partial charge in [-0.25, -0.2) is 8.42 Å². The molecule has 2 atom stereocenters. The summed E-state index contributed by atoms with van der Waals surface area (Å²) in [6, 6.07) is 6.48. The molecule has 0 saturated carbocycles. The highest BCUT2D eigenvalue weighted by molar-refractivity contribution is 7.89. The topological polar surface area (TPSA) is 62.1 Å². The Bertz CT molecular complexity index is 745. The lowest BCUT2D eigenvalue weighted by molar-refractivity contribution is -0.902. The largest absolute Gasteiger partial charge is 0.332 e. The second kappa shape index (κ2) is 8.29. The van der Waals surface area contributed by atoms with E-state index in [1.54, 1.807) is 28.6 Å². The summed E-state index contributed by atoms with van der Waals surface area (Å²) >= 11 is 0. The molecule has 0 spiro atoms. The molecular formula is C20H32N3O3S+. The number of piperidine rings is 1. The fourth-order valence-electron chi connectivity index (χ4n) is 4.28. The average Bonchev–Trinajstić information content (AvgIpc) is 2.67. The number of nitrogens with one attached hydrogen (secondary N) is 1. The molecule has 0 aliphatic carbocycles. The quantitative estimate of drug-likeness (QED) is 0.818. The molecule has 0 unspecified atom stereocenters. The summed E-state index contributed by atoms with van der Waals surface area (Å²) < 4.78 is 27.5. The normalized spacial score (nSPS) is 25.5. The van der Waals surface area contributed by atoms with Gasteiger partial charge in [0.15, 0.2) is 0 Å². The predicted molar refractivity (Wildman–Crippen MR) is 105 cm³/mol. The first-order valence-electron chi connectivity index (χ1n) is 10.0. The molecule has 0 aromatic heterocycles. The summed E-state index contributed by atoms with van der Waals surface area (Å²) in [6.45, 7) is 12.0. The first-order valence-corrected chi connectivity index (χ1v) is 11.5. The van der Waals surface area contributed by atoms with Gasteiger partial charge < -0.3 is 9.80 Å². The van der Waals surface area contributed by atoms with Crippen molar-refractivity contribution in [2.75, 3.05) is 45.8 Å². The Morgan fingerprint density at radius 2 is 1.63 bits per heavy atom. The number of quaternary nitrogens is 1. The molecule has 2 heterocycles. The maximum absolute atomic E-state index is 13.0. The van der Waals surface area contributed by atoms with Gasteiger partial charge in [-0.3, -0.25) is 4.79 Å². The van der Waals surface area contributed by atoms with Crippen LogP contribution in [0.4, 0.5) is 0 Å². The smallest absolute Gasteiger partial charge is 0.254 e. The summed E-state index contributed by atoms with van der Waals surface area (Å²) in [6.07, 6.45) is 1.06. The van der Waals surface area contributed by atoms with Gasteiger partial charge in [-0.05, 0) is 49.4 Å². The highest BCUT2D eigenvalue weighted by Gasteiger charge is 2.32. The van der Waals surface area contributed by atoms with Crippen molar-refractivity contribution in [2.45, 2.75) is 32.1 Å². The molecule has 27 heavy (non-hydrogen) atoms. The number of carbonyl (C=O) groups excluding carboxylic acids is 1. The van der Waals surface area contributed by atoms with E-state index in [-0.39, 0.29) is 10.8 Å². The minimum atomic E-state index is -3.50. The Hall–Kier alpha value is -1.44. The third-order valence-corrected chi connectivity index (χ3v) is 7.68. The van der Waals surface area contributed by atoms with Crippen LogP contribution in [-0.2, 0) is 10.0 Å². The number of hydrogen-bond donors (Lipinski definition) is 1. The van der Waals surface area contributed by atoms with Crippen LogP contribution in [0.15, 0.2) is 29.2 Å². The summed E-state index contributed by atoms with van der Waals surface area (Å²) in [4.78, 5) is 16.4. The average molecular weight is 395 g/mol. The molecule has 150 valence electrons. The van der Waals surface area contributed by atoms with Crippen molar-refractivity contribution in [1.29, 1.82) is 0 Å². The van der Waals surface area contributed by atoms with Crippen molar-refractivity contribution < 1.29 is 18.1 Å². The predicted octanol–water partition coefficient (Wildman–Crippen LogP) is 0.714. The van der Waals surface area contributed by atoms with Gasteiger partial charge in [0, 0.05) is 18.7 Å². The Kier molecular flexibility index (Phi) is 6.23. The zero-order chi connectivity index (χ0) is 19.6. The standard InChI is InChI=1S/C20H31N3O3S/c1-4-21-9-11-22(12-10-21)20(24)18-5-7-19(8-6-18)27(25,26)23-14-16(2)13-17(3)15-23/h5-8,16-17H,4,9-15H2,1-3H3/p+1/t16-,17-/m1/s1. The first kappa shape index (κ1) is 20.3. The van der Waals surface area contributed by atoms with Gasteiger partial charge in [0.25, 0.3) is 5.91 Å². The second-order valence-electron chi connectivity index (χ2n) is 8.19. The maximum atomic E-state index is 13.0. The zero-order valence-electron chi connectivity index (χ0n) is 16.6. The fraction of sp³-hybridized carbons (Fsp3) is 0.650. The third-order valence-electron chi connectivity index (χ3n) is 5.83. The van der Waals surface area contributed by atoms with E-state index in [1.165, 1.54) is 4.90 Å². The SMILES string of the molecule is CC[NH+]1CCN(C(=O)c2ccc(S(=O)(=O)N3C[C@H](C)C[C@@H](C)C3)cc2)CC1. The number of sulfonamides is 1. The van der Waals surface area contributed by atoms with Gasteiger partial charge in [-0.2, -0.15) is 4.31 Å². The van der Waals surface area contributed by atoms with E-state index in [0.29, 0.717) is 30.5 Å². The minimum Gasteiger partial charge on any atom is -0.332 e. The maximum Gasteiger partial charge on any atom is 0.254 e. The second-order valence-corrected chi connectivity index (χ2v) is 10.1. The monoisotopic (exact) mass is 394 g/mol.